The lowest BCUT2D eigenvalue weighted by atomic mass is 10.4. The highest BCUT2D eigenvalue weighted by molar-refractivity contribution is 5.81. The number of hydrogen-bond acceptors (Lipinski definition) is 2. The first kappa shape index (κ1) is 8.08. The Kier molecular flexibility index (Phi) is 3.60. The third-order valence-electron chi connectivity index (χ3n) is 0.754. The molecular formula is C7H12N2. The van der Waals surface area contributed by atoms with Crippen LogP contribution in [0.2, 0.25) is 0 Å². The van der Waals surface area contributed by atoms with Crippen LogP contribution in [0.4, 0.5) is 0 Å². The summed E-state index contributed by atoms with van der Waals surface area (Å²) in [6.07, 6.45) is 2.97. The lowest BCUT2D eigenvalue weighted by Crippen LogP contribution is -1.78. The van der Waals surface area contributed by atoms with E-state index in [9.17, 15) is 0 Å². The Hall–Kier alpha value is -0.920. The molecule has 0 radical (unpaired) electrons. The van der Waals surface area contributed by atoms with Gasteiger partial charge in [0, 0.05) is 18.1 Å². The van der Waals surface area contributed by atoms with Gasteiger partial charge in [0.1, 0.15) is 0 Å². The summed E-state index contributed by atoms with van der Waals surface area (Å²) in [4.78, 5) is 4.00. The highest BCUT2D eigenvalue weighted by Gasteiger charge is 1.76. The molecule has 0 spiro atoms. The van der Waals surface area contributed by atoms with E-state index in [1.807, 2.05) is 20.8 Å². The van der Waals surface area contributed by atoms with Crippen molar-refractivity contribution >= 4 is 11.9 Å². The van der Waals surface area contributed by atoms with Gasteiger partial charge < -0.3 is 5.41 Å². The van der Waals surface area contributed by atoms with Crippen LogP contribution in [-0.2, 0) is 0 Å². The molecule has 2 nitrogen and oxygen atoms in total. The van der Waals surface area contributed by atoms with Gasteiger partial charge in [0.25, 0.3) is 0 Å². The van der Waals surface area contributed by atoms with Crippen molar-refractivity contribution in [1.29, 1.82) is 5.41 Å². The Labute approximate surface area is 55.8 Å². The molecule has 0 saturated carbocycles. The highest BCUT2D eigenvalue weighted by Crippen LogP contribution is 1.87. The molecule has 0 bridgehead atoms. The minimum Gasteiger partial charge on any atom is -0.308 e. The Morgan fingerprint density at radius 1 is 1.33 bits per heavy atom. The average Bonchev–Trinajstić information content (AvgIpc) is 1.83. The number of rotatable bonds is 2. The van der Waals surface area contributed by atoms with E-state index in [0.717, 1.165) is 11.3 Å². The summed E-state index contributed by atoms with van der Waals surface area (Å²) >= 11 is 0. The lowest BCUT2D eigenvalue weighted by Gasteiger charge is -1.85. The van der Waals surface area contributed by atoms with Crippen LogP contribution in [0, 0.1) is 5.41 Å². The van der Waals surface area contributed by atoms with Gasteiger partial charge >= 0.3 is 0 Å². The van der Waals surface area contributed by atoms with E-state index in [4.69, 9.17) is 5.41 Å². The second-order valence-corrected chi connectivity index (χ2v) is 2.09. The smallest absolute Gasteiger partial charge is 0.0311 e. The van der Waals surface area contributed by atoms with Crippen LogP contribution >= 0.6 is 0 Å². The van der Waals surface area contributed by atoms with Gasteiger partial charge in [-0.1, -0.05) is 0 Å². The minimum absolute atomic E-state index is 0.871. The van der Waals surface area contributed by atoms with Crippen LogP contribution in [0.25, 0.3) is 0 Å². The van der Waals surface area contributed by atoms with Gasteiger partial charge in [0.05, 0.1) is 0 Å². The zero-order chi connectivity index (χ0) is 7.28. The van der Waals surface area contributed by atoms with Crippen molar-refractivity contribution in [2.75, 3.05) is 0 Å². The fraction of sp³-hybridized carbons (Fsp3) is 0.429. The Balaban J connectivity index is 3.98. The predicted octanol–water partition coefficient (Wildman–Crippen LogP) is 2.02. The van der Waals surface area contributed by atoms with Gasteiger partial charge in [-0.2, -0.15) is 0 Å². The second kappa shape index (κ2) is 4.01. The molecule has 50 valence electrons. The molecule has 0 saturated heterocycles. The van der Waals surface area contributed by atoms with Gasteiger partial charge in [-0.05, 0) is 26.3 Å². The molecule has 0 unspecified atom stereocenters. The van der Waals surface area contributed by atoms with Crippen LogP contribution in [0.15, 0.2) is 16.8 Å². The van der Waals surface area contributed by atoms with Gasteiger partial charge in [-0.15, -0.1) is 0 Å². The van der Waals surface area contributed by atoms with E-state index >= 15 is 0 Å². The zero-order valence-electron chi connectivity index (χ0n) is 6.10. The van der Waals surface area contributed by atoms with Crippen molar-refractivity contribution in [2.45, 2.75) is 20.8 Å². The molecule has 0 heterocycles. The molecule has 0 aliphatic rings. The van der Waals surface area contributed by atoms with Crippen LogP contribution in [0.5, 0.6) is 0 Å². The fourth-order valence-electron chi connectivity index (χ4n) is 0.268. The monoisotopic (exact) mass is 124 g/mol. The van der Waals surface area contributed by atoms with Crippen molar-refractivity contribution in [3.05, 3.63) is 11.8 Å². The van der Waals surface area contributed by atoms with Crippen molar-refractivity contribution in [3.63, 3.8) is 0 Å². The Morgan fingerprint density at radius 2 is 1.89 bits per heavy atom. The zero-order valence-corrected chi connectivity index (χ0v) is 6.10. The number of nitrogens with one attached hydrogen (secondary N) is 1. The average molecular weight is 124 g/mol. The van der Waals surface area contributed by atoms with Gasteiger partial charge in [0.15, 0.2) is 0 Å². The molecule has 0 aromatic rings. The molecular weight excluding hydrogens is 112 g/mol. The topological polar surface area (TPSA) is 36.2 Å². The van der Waals surface area contributed by atoms with E-state index in [0.29, 0.717) is 0 Å². The summed E-state index contributed by atoms with van der Waals surface area (Å²) in [6, 6.07) is 0. The summed E-state index contributed by atoms with van der Waals surface area (Å²) < 4.78 is 0. The fourth-order valence-corrected chi connectivity index (χ4v) is 0.268. The first-order valence-electron chi connectivity index (χ1n) is 2.85. The van der Waals surface area contributed by atoms with E-state index in [2.05, 4.69) is 4.99 Å². The molecule has 1 N–H and O–H groups in total. The SMILES string of the molecule is CC(C)=N/C=C(\C)C=N. The third kappa shape index (κ3) is 4.94. The largest absolute Gasteiger partial charge is 0.308 e. The summed E-state index contributed by atoms with van der Waals surface area (Å²) in [7, 11) is 0. The van der Waals surface area contributed by atoms with Crippen molar-refractivity contribution in [1.82, 2.24) is 0 Å². The second-order valence-electron chi connectivity index (χ2n) is 2.09. The van der Waals surface area contributed by atoms with Crippen molar-refractivity contribution in [3.8, 4) is 0 Å². The maximum atomic E-state index is 6.79. The van der Waals surface area contributed by atoms with E-state index in [-0.39, 0.29) is 0 Å². The molecule has 0 aromatic heterocycles. The van der Waals surface area contributed by atoms with Gasteiger partial charge in [0.2, 0.25) is 0 Å². The van der Waals surface area contributed by atoms with Crippen LogP contribution in [0.3, 0.4) is 0 Å². The lowest BCUT2D eigenvalue weighted by molar-refractivity contribution is 1.42. The van der Waals surface area contributed by atoms with E-state index in [1.54, 1.807) is 6.20 Å². The third-order valence-corrected chi connectivity index (χ3v) is 0.754. The standard InChI is InChI=1S/C7H12N2/c1-6(2)9-5-7(3)4-8/h4-5,8H,1-3H3/b7-5+,8-4?. The number of aliphatic imine (C=N–C) groups is 1. The molecule has 0 atom stereocenters. The maximum Gasteiger partial charge on any atom is 0.0311 e. The van der Waals surface area contributed by atoms with Crippen LogP contribution < -0.4 is 0 Å². The summed E-state index contributed by atoms with van der Waals surface area (Å²) in [5.41, 5.74) is 1.88. The first-order chi connectivity index (χ1) is 4.16. The Bertz CT molecular complexity index is 150. The van der Waals surface area contributed by atoms with Gasteiger partial charge in [-0.3, -0.25) is 4.99 Å². The number of allylic oxidation sites excluding steroid dienone is 1. The molecule has 0 aromatic carbocycles. The van der Waals surface area contributed by atoms with E-state index < -0.39 is 0 Å². The molecule has 0 fully saturated rings. The van der Waals surface area contributed by atoms with E-state index in [1.165, 1.54) is 6.21 Å². The highest BCUT2D eigenvalue weighted by atomic mass is 14.7. The Morgan fingerprint density at radius 3 is 2.22 bits per heavy atom. The minimum atomic E-state index is 0.871. The molecule has 9 heavy (non-hydrogen) atoms. The molecule has 0 rings (SSSR count). The van der Waals surface area contributed by atoms with Crippen molar-refractivity contribution in [2.24, 2.45) is 4.99 Å². The predicted molar refractivity (Wildman–Crippen MR) is 41.3 cm³/mol. The number of hydrogen-bond donors (Lipinski definition) is 1. The molecule has 0 aliphatic carbocycles. The maximum absolute atomic E-state index is 6.79. The van der Waals surface area contributed by atoms with Crippen molar-refractivity contribution < 1.29 is 0 Å². The van der Waals surface area contributed by atoms with Crippen LogP contribution in [-0.4, -0.2) is 11.9 Å². The van der Waals surface area contributed by atoms with Gasteiger partial charge in [-0.25, -0.2) is 0 Å². The van der Waals surface area contributed by atoms with Crippen LogP contribution in [0.1, 0.15) is 20.8 Å². The summed E-state index contributed by atoms with van der Waals surface area (Å²) in [6.45, 7) is 5.70. The summed E-state index contributed by atoms with van der Waals surface area (Å²) in [5.74, 6) is 0. The normalized spacial score (nSPS) is 10.8. The first-order valence-corrected chi connectivity index (χ1v) is 2.85. The molecule has 0 amide bonds. The quantitative estimate of drug-likeness (QED) is 0.547. The molecule has 2 heteroatoms. The number of nitrogens with zero attached hydrogens (tertiary/aromatic N) is 1. The molecule has 0 aliphatic heterocycles. The summed E-state index contributed by atoms with van der Waals surface area (Å²) in [5, 5.41) is 6.79.